The molecule has 1 fully saturated rings. The molecule has 3 rings (SSSR count). The molecule has 0 bridgehead atoms. The van der Waals surface area contributed by atoms with Crippen molar-refractivity contribution in [3.05, 3.63) is 40.4 Å². The van der Waals surface area contributed by atoms with E-state index in [1.165, 1.54) is 0 Å². The summed E-state index contributed by atoms with van der Waals surface area (Å²) in [5.74, 6) is 0.748. The molecular weight excluding hydrogens is 240 g/mol. The van der Waals surface area contributed by atoms with Crippen LogP contribution >= 0.6 is 0 Å². The fourth-order valence-electron chi connectivity index (χ4n) is 2.58. The van der Waals surface area contributed by atoms with Crippen LogP contribution in [0.25, 0.3) is 10.9 Å². The van der Waals surface area contributed by atoms with Crippen LogP contribution in [0.1, 0.15) is 12.7 Å². The monoisotopic (exact) mass is 258 g/mol. The van der Waals surface area contributed by atoms with Gasteiger partial charge in [0.2, 0.25) is 0 Å². The summed E-state index contributed by atoms with van der Waals surface area (Å²) in [6, 6.07) is 7.94. The topological polar surface area (TPSA) is 61.0 Å². The molecule has 1 aliphatic rings. The molecule has 0 spiro atoms. The fraction of sp³-hybridized carbons (Fsp3) is 0.429. The van der Waals surface area contributed by atoms with Crippen molar-refractivity contribution >= 4 is 10.9 Å². The van der Waals surface area contributed by atoms with E-state index < -0.39 is 0 Å². The Morgan fingerprint density at radius 1 is 1.42 bits per heavy atom. The second-order valence-electron chi connectivity index (χ2n) is 5.12. The second kappa shape index (κ2) is 5.11. The minimum atomic E-state index is -0.0521. The van der Waals surface area contributed by atoms with Crippen LogP contribution in [0.3, 0.4) is 0 Å². The van der Waals surface area contributed by atoms with Crippen LogP contribution < -0.4 is 10.9 Å². The molecule has 1 saturated heterocycles. The Kier molecular flexibility index (Phi) is 3.31. The number of hydrogen-bond donors (Lipinski definition) is 2. The SMILES string of the molecule is C[C@@H]1CN(Cc2nc3ccccc3c(=O)[nH]2)CCN1. The quantitative estimate of drug-likeness (QED) is 0.833. The highest BCUT2D eigenvalue weighted by Gasteiger charge is 2.16. The maximum absolute atomic E-state index is 12.0. The second-order valence-corrected chi connectivity index (χ2v) is 5.12. The summed E-state index contributed by atoms with van der Waals surface area (Å²) in [6.45, 7) is 5.82. The molecule has 0 saturated carbocycles. The lowest BCUT2D eigenvalue weighted by Crippen LogP contribution is -2.48. The third-order valence-corrected chi connectivity index (χ3v) is 3.49. The number of para-hydroxylation sites is 1. The zero-order valence-corrected chi connectivity index (χ0v) is 11.0. The predicted molar refractivity (Wildman–Crippen MR) is 75.1 cm³/mol. The molecule has 2 aromatic rings. The standard InChI is InChI=1S/C14H18N4O/c1-10-8-18(7-6-15-10)9-13-16-12-5-3-2-4-11(12)14(19)17-13/h2-5,10,15H,6-9H2,1H3,(H,16,17,19)/t10-/m1/s1. The van der Waals surface area contributed by atoms with Gasteiger partial charge in [-0.3, -0.25) is 9.69 Å². The van der Waals surface area contributed by atoms with Gasteiger partial charge in [0.25, 0.3) is 5.56 Å². The summed E-state index contributed by atoms with van der Waals surface area (Å²) in [5.41, 5.74) is 0.716. The summed E-state index contributed by atoms with van der Waals surface area (Å²) >= 11 is 0. The zero-order chi connectivity index (χ0) is 13.2. The van der Waals surface area contributed by atoms with Gasteiger partial charge in [0, 0.05) is 25.7 Å². The van der Waals surface area contributed by atoms with Crippen LogP contribution in [0.4, 0.5) is 0 Å². The summed E-state index contributed by atoms with van der Waals surface area (Å²) in [4.78, 5) is 21.7. The largest absolute Gasteiger partial charge is 0.312 e. The van der Waals surface area contributed by atoms with Crippen molar-refractivity contribution in [2.75, 3.05) is 19.6 Å². The maximum Gasteiger partial charge on any atom is 0.258 e. The van der Waals surface area contributed by atoms with Gasteiger partial charge in [-0.05, 0) is 19.1 Å². The first-order valence-electron chi connectivity index (χ1n) is 6.66. The molecular formula is C14H18N4O. The number of aromatic amines is 1. The normalized spacial score (nSPS) is 20.8. The van der Waals surface area contributed by atoms with Gasteiger partial charge >= 0.3 is 0 Å². The van der Waals surface area contributed by atoms with E-state index in [0.29, 0.717) is 18.0 Å². The molecule has 5 heteroatoms. The number of hydrogen-bond acceptors (Lipinski definition) is 4. The first-order valence-corrected chi connectivity index (χ1v) is 6.66. The Labute approximate surface area is 111 Å². The lowest BCUT2D eigenvalue weighted by atomic mass is 10.2. The van der Waals surface area contributed by atoms with Crippen molar-refractivity contribution in [3.63, 3.8) is 0 Å². The van der Waals surface area contributed by atoms with Crippen molar-refractivity contribution in [1.29, 1.82) is 0 Å². The number of fused-ring (bicyclic) bond motifs is 1. The molecule has 0 radical (unpaired) electrons. The van der Waals surface area contributed by atoms with Gasteiger partial charge in [-0.15, -0.1) is 0 Å². The number of nitrogens with zero attached hydrogens (tertiary/aromatic N) is 2. The van der Waals surface area contributed by atoms with Gasteiger partial charge in [0.15, 0.2) is 0 Å². The van der Waals surface area contributed by atoms with Crippen molar-refractivity contribution in [1.82, 2.24) is 20.2 Å². The summed E-state index contributed by atoms with van der Waals surface area (Å²) in [6.07, 6.45) is 0. The Hall–Kier alpha value is -1.72. The number of piperazine rings is 1. The molecule has 5 nitrogen and oxygen atoms in total. The third kappa shape index (κ3) is 2.67. The van der Waals surface area contributed by atoms with Crippen LogP contribution in [-0.2, 0) is 6.54 Å². The Balaban J connectivity index is 1.87. The maximum atomic E-state index is 12.0. The molecule has 0 aliphatic carbocycles. The molecule has 0 amide bonds. The van der Waals surface area contributed by atoms with Crippen LogP contribution in [0.2, 0.25) is 0 Å². The van der Waals surface area contributed by atoms with E-state index in [-0.39, 0.29) is 5.56 Å². The zero-order valence-electron chi connectivity index (χ0n) is 11.0. The highest BCUT2D eigenvalue weighted by molar-refractivity contribution is 5.77. The van der Waals surface area contributed by atoms with Gasteiger partial charge in [0.1, 0.15) is 5.82 Å². The van der Waals surface area contributed by atoms with Crippen LogP contribution in [0.5, 0.6) is 0 Å². The predicted octanol–water partition coefficient (Wildman–Crippen LogP) is 0.717. The number of H-pyrrole nitrogens is 1. The number of benzene rings is 1. The van der Waals surface area contributed by atoms with Gasteiger partial charge in [-0.2, -0.15) is 0 Å². The minimum absolute atomic E-state index is 0.0521. The summed E-state index contributed by atoms with van der Waals surface area (Å²) in [7, 11) is 0. The van der Waals surface area contributed by atoms with Crippen molar-refractivity contribution < 1.29 is 0 Å². The van der Waals surface area contributed by atoms with Crippen LogP contribution in [-0.4, -0.2) is 40.5 Å². The lowest BCUT2D eigenvalue weighted by Gasteiger charge is -2.31. The molecule has 100 valence electrons. The first kappa shape index (κ1) is 12.3. The average Bonchev–Trinajstić information content (AvgIpc) is 2.39. The van der Waals surface area contributed by atoms with E-state index in [2.05, 4.69) is 27.1 Å². The van der Waals surface area contributed by atoms with E-state index >= 15 is 0 Å². The van der Waals surface area contributed by atoms with Crippen molar-refractivity contribution in [2.45, 2.75) is 19.5 Å². The lowest BCUT2D eigenvalue weighted by molar-refractivity contribution is 0.195. The smallest absolute Gasteiger partial charge is 0.258 e. The Bertz CT molecular complexity index is 637. The molecule has 1 aromatic heterocycles. The summed E-state index contributed by atoms with van der Waals surface area (Å²) < 4.78 is 0. The van der Waals surface area contributed by atoms with Crippen LogP contribution in [0.15, 0.2) is 29.1 Å². The van der Waals surface area contributed by atoms with E-state index in [4.69, 9.17) is 0 Å². The summed E-state index contributed by atoms with van der Waals surface area (Å²) in [5, 5.41) is 4.06. The van der Waals surface area contributed by atoms with Crippen LogP contribution in [0, 0.1) is 0 Å². The molecule has 0 unspecified atom stereocenters. The Morgan fingerprint density at radius 3 is 3.11 bits per heavy atom. The van der Waals surface area contributed by atoms with Crippen molar-refractivity contribution in [2.24, 2.45) is 0 Å². The highest BCUT2D eigenvalue weighted by atomic mass is 16.1. The van der Waals surface area contributed by atoms with E-state index in [1.54, 1.807) is 6.07 Å². The first-order chi connectivity index (χ1) is 9.22. The third-order valence-electron chi connectivity index (χ3n) is 3.49. The Morgan fingerprint density at radius 2 is 2.26 bits per heavy atom. The molecule has 1 aliphatic heterocycles. The van der Waals surface area contributed by atoms with Gasteiger partial charge < -0.3 is 10.3 Å². The van der Waals surface area contributed by atoms with E-state index in [0.717, 1.165) is 31.0 Å². The number of aromatic nitrogens is 2. The molecule has 1 aromatic carbocycles. The number of rotatable bonds is 2. The molecule has 2 heterocycles. The van der Waals surface area contributed by atoms with Gasteiger partial charge in [-0.25, -0.2) is 4.98 Å². The molecule has 19 heavy (non-hydrogen) atoms. The molecule has 1 atom stereocenters. The van der Waals surface area contributed by atoms with E-state index in [1.807, 2.05) is 18.2 Å². The van der Waals surface area contributed by atoms with Crippen molar-refractivity contribution in [3.8, 4) is 0 Å². The number of nitrogens with one attached hydrogen (secondary N) is 2. The van der Waals surface area contributed by atoms with E-state index in [9.17, 15) is 4.79 Å². The van der Waals surface area contributed by atoms with Gasteiger partial charge in [0.05, 0.1) is 17.4 Å². The molecule has 2 N–H and O–H groups in total. The average molecular weight is 258 g/mol. The fourth-order valence-corrected chi connectivity index (χ4v) is 2.58. The van der Waals surface area contributed by atoms with Gasteiger partial charge in [-0.1, -0.05) is 12.1 Å². The highest BCUT2D eigenvalue weighted by Crippen LogP contribution is 2.08. The minimum Gasteiger partial charge on any atom is -0.312 e.